The molecule has 2 aromatic carbocycles. The minimum absolute atomic E-state index is 0.127. The summed E-state index contributed by atoms with van der Waals surface area (Å²) in [5.41, 5.74) is 7.71. The number of aromatic amines is 1. The Labute approximate surface area is 245 Å². The van der Waals surface area contributed by atoms with Crippen molar-refractivity contribution in [2.45, 2.75) is 77.1 Å². The molecule has 12 heteroatoms. The molecule has 1 heterocycles. The molecule has 0 aliphatic heterocycles. The molecule has 42 heavy (non-hydrogen) atoms. The van der Waals surface area contributed by atoms with Gasteiger partial charge in [-0.3, -0.25) is 20.6 Å². The highest BCUT2D eigenvalue weighted by atomic mass is 16.6. The molecule has 3 rings (SSSR count). The number of carbonyl (C=O) groups excluding carboxylic acids is 3. The Bertz CT molecular complexity index is 1320. The third kappa shape index (κ3) is 10.5. The van der Waals surface area contributed by atoms with Gasteiger partial charge in [0.05, 0.1) is 6.61 Å². The van der Waals surface area contributed by atoms with E-state index in [4.69, 9.17) is 10.5 Å². The largest absolute Gasteiger partial charge is 0.444 e. The minimum atomic E-state index is -1.20. The van der Waals surface area contributed by atoms with Crippen LogP contribution in [0.5, 0.6) is 0 Å². The first-order valence-corrected chi connectivity index (χ1v) is 14.0. The lowest BCUT2D eigenvalue weighted by Crippen LogP contribution is -2.53. The maximum Gasteiger partial charge on any atom is 0.408 e. The Balaban J connectivity index is 1.76. The number of rotatable bonds is 14. The molecule has 3 amide bonds. The van der Waals surface area contributed by atoms with E-state index >= 15 is 0 Å². The lowest BCUT2D eigenvalue weighted by Gasteiger charge is -2.25. The molecular formula is C30H42N6O6. The van der Waals surface area contributed by atoms with Crippen molar-refractivity contribution >= 4 is 34.5 Å². The second-order valence-electron chi connectivity index (χ2n) is 11.0. The molecule has 0 bridgehead atoms. The number of aliphatic hydroxyl groups is 2. The number of nitrogens with one attached hydrogen (secondary N) is 5. The molecule has 0 saturated carbocycles. The Hall–Kier alpha value is -3.97. The molecule has 0 aliphatic carbocycles. The van der Waals surface area contributed by atoms with Crippen molar-refractivity contribution in [3.63, 3.8) is 0 Å². The van der Waals surface area contributed by atoms with Gasteiger partial charge < -0.3 is 35.9 Å². The molecule has 3 atom stereocenters. The molecule has 12 nitrogen and oxygen atoms in total. The second kappa shape index (κ2) is 15.3. The fourth-order valence-electron chi connectivity index (χ4n) is 4.38. The van der Waals surface area contributed by atoms with Gasteiger partial charge in [0.2, 0.25) is 11.8 Å². The summed E-state index contributed by atoms with van der Waals surface area (Å²) in [7, 11) is 0. The standard InChI is InChI=1S/C30H42N6O6/c1-30(2,3)42-29(41)36-25(15-12-20-17-33-23-8-5-4-7-22(20)23)27(39)35-24(9-6-16-32-28(31)40)26(38)34-21-13-10-19(18-37)11-14-21/h4-5,7-8,10-11,13-14,17,24-25,28,32-33,37,40H,6,9,12,15-16,18,31H2,1-3H3,(H,34,38)(H,35,39)(H,36,41)/t24-,25-,28?/m0/s1. The van der Waals surface area contributed by atoms with Crippen molar-refractivity contribution in [3.05, 3.63) is 65.9 Å². The van der Waals surface area contributed by atoms with Gasteiger partial charge in [-0.05, 0) is 82.3 Å². The van der Waals surface area contributed by atoms with Crippen LogP contribution in [0.4, 0.5) is 10.5 Å². The van der Waals surface area contributed by atoms with Crippen molar-refractivity contribution in [3.8, 4) is 0 Å². The fourth-order valence-corrected chi connectivity index (χ4v) is 4.38. The van der Waals surface area contributed by atoms with Gasteiger partial charge in [0, 0.05) is 22.8 Å². The summed E-state index contributed by atoms with van der Waals surface area (Å²) < 4.78 is 5.40. The van der Waals surface area contributed by atoms with E-state index in [-0.39, 0.29) is 19.4 Å². The van der Waals surface area contributed by atoms with Crippen molar-refractivity contribution in [2.24, 2.45) is 5.73 Å². The summed E-state index contributed by atoms with van der Waals surface area (Å²) in [5.74, 6) is -0.996. The summed E-state index contributed by atoms with van der Waals surface area (Å²) in [5, 5.41) is 30.5. The molecule has 0 radical (unpaired) electrons. The smallest absolute Gasteiger partial charge is 0.408 e. The van der Waals surface area contributed by atoms with Crippen LogP contribution in [0.1, 0.15) is 51.2 Å². The van der Waals surface area contributed by atoms with Gasteiger partial charge in [-0.15, -0.1) is 0 Å². The topological polar surface area (TPSA) is 191 Å². The van der Waals surface area contributed by atoms with Crippen molar-refractivity contribution in [1.29, 1.82) is 0 Å². The fraction of sp³-hybridized carbons (Fsp3) is 0.433. The quantitative estimate of drug-likeness (QED) is 0.105. The lowest BCUT2D eigenvalue weighted by atomic mass is 10.0. The molecule has 3 aromatic rings. The van der Waals surface area contributed by atoms with Crippen LogP contribution >= 0.6 is 0 Å². The van der Waals surface area contributed by atoms with Gasteiger partial charge in [0.25, 0.3) is 0 Å². The number of anilines is 1. The Morgan fingerprint density at radius 2 is 1.67 bits per heavy atom. The van der Waals surface area contributed by atoms with Crippen LogP contribution < -0.4 is 27.0 Å². The summed E-state index contributed by atoms with van der Waals surface area (Å²) >= 11 is 0. The summed E-state index contributed by atoms with van der Waals surface area (Å²) in [4.78, 5) is 42.7. The number of amides is 3. The molecular weight excluding hydrogens is 540 g/mol. The number of benzene rings is 2. The summed E-state index contributed by atoms with van der Waals surface area (Å²) in [6.07, 6.45) is 1.30. The summed E-state index contributed by atoms with van der Waals surface area (Å²) in [6, 6.07) is 12.5. The van der Waals surface area contributed by atoms with E-state index in [1.807, 2.05) is 30.5 Å². The zero-order chi connectivity index (χ0) is 30.7. The normalized spacial score (nSPS) is 13.7. The molecule has 0 aliphatic rings. The van der Waals surface area contributed by atoms with Crippen LogP contribution in [0, 0.1) is 0 Å². The first kappa shape index (κ1) is 32.5. The molecule has 228 valence electrons. The first-order chi connectivity index (χ1) is 19.9. The van der Waals surface area contributed by atoms with Gasteiger partial charge in [0.15, 0.2) is 6.35 Å². The van der Waals surface area contributed by atoms with E-state index in [9.17, 15) is 24.6 Å². The highest BCUT2D eigenvalue weighted by molar-refractivity contribution is 5.98. The zero-order valence-electron chi connectivity index (χ0n) is 24.3. The number of ether oxygens (including phenoxy) is 1. The van der Waals surface area contributed by atoms with Crippen LogP contribution in [0.15, 0.2) is 54.7 Å². The van der Waals surface area contributed by atoms with E-state index in [0.717, 1.165) is 16.5 Å². The van der Waals surface area contributed by atoms with Gasteiger partial charge in [-0.2, -0.15) is 0 Å². The van der Waals surface area contributed by atoms with Crippen LogP contribution in [-0.4, -0.2) is 63.7 Å². The SMILES string of the molecule is CC(C)(C)OC(=O)N[C@@H](CCc1c[nH]c2ccccc12)C(=O)N[C@@H](CCCNC(N)O)C(=O)Nc1ccc(CO)cc1. The maximum atomic E-state index is 13.6. The maximum absolute atomic E-state index is 13.6. The third-order valence-corrected chi connectivity index (χ3v) is 6.44. The number of hydrogen-bond donors (Lipinski definition) is 8. The molecule has 0 spiro atoms. The molecule has 9 N–H and O–H groups in total. The number of aromatic nitrogens is 1. The van der Waals surface area contributed by atoms with E-state index < -0.39 is 41.9 Å². The Morgan fingerprint density at radius 1 is 0.976 bits per heavy atom. The number of nitrogens with two attached hydrogens (primary N) is 1. The van der Waals surface area contributed by atoms with Gasteiger partial charge in [-0.1, -0.05) is 30.3 Å². The number of carbonyl (C=O) groups is 3. The molecule has 1 aromatic heterocycles. The van der Waals surface area contributed by atoms with E-state index in [1.54, 1.807) is 45.0 Å². The number of para-hydroxylation sites is 1. The number of hydrogen-bond acceptors (Lipinski definition) is 8. The van der Waals surface area contributed by atoms with Crippen LogP contribution in [0.3, 0.4) is 0 Å². The minimum Gasteiger partial charge on any atom is -0.444 e. The Morgan fingerprint density at radius 3 is 2.33 bits per heavy atom. The molecule has 1 unspecified atom stereocenters. The van der Waals surface area contributed by atoms with Crippen molar-refractivity contribution < 1.29 is 29.3 Å². The van der Waals surface area contributed by atoms with Gasteiger partial charge in [0.1, 0.15) is 17.7 Å². The monoisotopic (exact) mass is 582 g/mol. The highest BCUT2D eigenvalue weighted by Gasteiger charge is 2.28. The number of H-pyrrole nitrogens is 1. The number of aryl methyl sites for hydroxylation is 1. The van der Waals surface area contributed by atoms with E-state index in [2.05, 4.69) is 26.3 Å². The second-order valence-corrected chi connectivity index (χ2v) is 11.0. The van der Waals surface area contributed by atoms with Crippen molar-refractivity contribution in [1.82, 2.24) is 20.9 Å². The Kier molecular flexibility index (Phi) is 11.9. The third-order valence-electron chi connectivity index (χ3n) is 6.44. The predicted octanol–water partition coefficient (Wildman–Crippen LogP) is 2.21. The van der Waals surface area contributed by atoms with E-state index in [0.29, 0.717) is 30.6 Å². The molecule has 0 fully saturated rings. The van der Waals surface area contributed by atoms with Crippen molar-refractivity contribution in [2.75, 3.05) is 11.9 Å². The molecule has 0 saturated heterocycles. The number of aliphatic hydroxyl groups excluding tert-OH is 2. The number of alkyl carbamates (subject to hydrolysis) is 1. The first-order valence-electron chi connectivity index (χ1n) is 14.0. The van der Waals surface area contributed by atoms with E-state index in [1.165, 1.54) is 0 Å². The summed E-state index contributed by atoms with van der Waals surface area (Å²) in [6.45, 7) is 5.37. The average Bonchev–Trinajstić information content (AvgIpc) is 3.34. The predicted molar refractivity (Wildman–Crippen MR) is 160 cm³/mol. The van der Waals surface area contributed by atoms with Crippen LogP contribution in [0.25, 0.3) is 10.9 Å². The average molecular weight is 583 g/mol. The van der Waals surface area contributed by atoms with Gasteiger partial charge in [-0.25, -0.2) is 4.79 Å². The number of fused-ring (bicyclic) bond motifs is 1. The van der Waals surface area contributed by atoms with Crippen LogP contribution in [0.2, 0.25) is 0 Å². The van der Waals surface area contributed by atoms with Crippen LogP contribution in [-0.2, 0) is 27.4 Å². The lowest BCUT2D eigenvalue weighted by molar-refractivity contribution is -0.128. The zero-order valence-corrected chi connectivity index (χ0v) is 24.3. The van der Waals surface area contributed by atoms with Gasteiger partial charge >= 0.3 is 6.09 Å². The highest BCUT2D eigenvalue weighted by Crippen LogP contribution is 2.20.